The van der Waals surface area contributed by atoms with Gasteiger partial charge in [0.15, 0.2) is 0 Å². The highest BCUT2D eigenvalue weighted by Gasteiger charge is 2.17. The monoisotopic (exact) mass is 285 g/mol. The van der Waals surface area contributed by atoms with Crippen LogP contribution in [0.15, 0.2) is 42.5 Å². The van der Waals surface area contributed by atoms with Crippen molar-refractivity contribution in [3.05, 3.63) is 53.6 Å². The second-order valence-corrected chi connectivity index (χ2v) is 5.13. The summed E-state index contributed by atoms with van der Waals surface area (Å²) in [6.45, 7) is 2.61. The molecule has 0 heterocycles. The first-order valence-electron chi connectivity index (χ1n) is 6.82. The highest BCUT2D eigenvalue weighted by molar-refractivity contribution is 6.59. The zero-order valence-electron chi connectivity index (χ0n) is 12.6. The van der Waals surface area contributed by atoms with E-state index in [0.717, 1.165) is 11.3 Å². The van der Waals surface area contributed by atoms with Crippen LogP contribution in [0.5, 0.6) is 5.75 Å². The molecule has 0 amide bonds. The van der Waals surface area contributed by atoms with E-state index >= 15 is 0 Å². The van der Waals surface area contributed by atoms with Crippen LogP contribution in [-0.4, -0.2) is 31.3 Å². The van der Waals surface area contributed by atoms with Gasteiger partial charge in [-0.05, 0) is 42.2 Å². The Morgan fingerprint density at radius 2 is 1.76 bits per heavy atom. The van der Waals surface area contributed by atoms with Crippen molar-refractivity contribution < 1.29 is 14.8 Å². The first kappa shape index (κ1) is 15.4. The van der Waals surface area contributed by atoms with Crippen molar-refractivity contribution in [1.82, 2.24) is 0 Å². The molecule has 0 aromatic heterocycles. The van der Waals surface area contributed by atoms with Crippen LogP contribution in [-0.2, 0) is 6.54 Å². The van der Waals surface area contributed by atoms with Gasteiger partial charge in [0.2, 0.25) is 0 Å². The van der Waals surface area contributed by atoms with Gasteiger partial charge in [0.25, 0.3) is 0 Å². The van der Waals surface area contributed by atoms with Crippen molar-refractivity contribution >= 4 is 18.3 Å². The summed E-state index contributed by atoms with van der Waals surface area (Å²) in [7, 11) is 2.08. The lowest BCUT2D eigenvalue weighted by Gasteiger charge is -2.22. The highest BCUT2D eigenvalue weighted by Crippen LogP contribution is 2.18. The summed E-state index contributed by atoms with van der Waals surface area (Å²) in [6, 6.07) is 13.4. The minimum atomic E-state index is -1.49. The third-order valence-corrected chi connectivity index (χ3v) is 3.51. The van der Waals surface area contributed by atoms with Crippen molar-refractivity contribution in [2.75, 3.05) is 19.1 Å². The second-order valence-electron chi connectivity index (χ2n) is 5.13. The Morgan fingerprint density at radius 1 is 1.10 bits per heavy atom. The average Bonchev–Trinajstić information content (AvgIpc) is 2.47. The van der Waals surface area contributed by atoms with E-state index in [4.69, 9.17) is 4.74 Å². The summed E-state index contributed by atoms with van der Waals surface area (Å²) >= 11 is 0. The van der Waals surface area contributed by atoms with Crippen LogP contribution in [0.4, 0.5) is 5.69 Å². The van der Waals surface area contributed by atoms with Crippen molar-refractivity contribution in [3.8, 4) is 5.75 Å². The normalized spacial score (nSPS) is 10.3. The molecule has 4 nitrogen and oxygen atoms in total. The summed E-state index contributed by atoms with van der Waals surface area (Å²) in [5.74, 6) is 0.701. The summed E-state index contributed by atoms with van der Waals surface area (Å²) < 4.78 is 5.21. The van der Waals surface area contributed by atoms with E-state index in [2.05, 4.69) is 17.0 Å². The third kappa shape index (κ3) is 3.77. The number of methoxy groups -OCH3 is 1. The molecule has 0 bridgehead atoms. The largest absolute Gasteiger partial charge is 0.497 e. The number of ether oxygens (including phenoxy) is 1. The van der Waals surface area contributed by atoms with E-state index in [1.807, 2.05) is 32.2 Å². The lowest BCUT2D eigenvalue weighted by Crippen LogP contribution is -2.35. The van der Waals surface area contributed by atoms with Gasteiger partial charge in [-0.1, -0.05) is 23.8 Å². The first-order valence-corrected chi connectivity index (χ1v) is 6.82. The smallest absolute Gasteiger partial charge is 0.488 e. The predicted octanol–water partition coefficient (Wildman–Crippen LogP) is 1.32. The zero-order chi connectivity index (χ0) is 15.4. The number of aryl methyl sites for hydroxylation is 1. The molecule has 0 atom stereocenters. The molecule has 0 fully saturated rings. The van der Waals surface area contributed by atoms with E-state index in [1.54, 1.807) is 19.2 Å². The minimum Gasteiger partial charge on any atom is -0.497 e. The molecule has 0 aliphatic carbocycles. The molecule has 0 saturated heterocycles. The Morgan fingerprint density at radius 3 is 2.33 bits per heavy atom. The van der Waals surface area contributed by atoms with E-state index in [9.17, 15) is 10.0 Å². The molecule has 0 aliphatic heterocycles. The van der Waals surface area contributed by atoms with Gasteiger partial charge in [-0.3, -0.25) is 0 Å². The van der Waals surface area contributed by atoms with E-state index in [0.29, 0.717) is 17.8 Å². The van der Waals surface area contributed by atoms with Crippen LogP contribution < -0.4 is 15.1 Å². The predicted molar refractivity (Wildman–Crippen MR) is 86.1 cm³/mol. The maximum absolute atomic E-state index is 9.48. The van der Waals surface area contributed by atoms with Crippen molar-refractivity contribution in [1.29, 1.82) is 0 Å². The van der Waals surface area contributed by atoms with Gasteiger partial charge in [0.1, 0.15) is 5.75 Å². The number of hydrogen-bond acceptors (Lipinski definition) is 4. The second kappa shape index (κ2) is 6.65. The van der Waals surface area contributed by atoms with E-state index in [1.165, 1.54) is 5.56 Å². The van der Waals surface area contributed by atoms with Gasteiger partial charge in [0, 0.05) is 19.3 Å². The Labute approximate surface area is 125 Å². The van der Waals surface area contributed by atoms with Crippen LogP contribution >= 0.6 is 0 Å². The fourth-order valence-electron chi connectivity index (χ4n) is 2.24. The molecule has 0 radical (unpaired) electrons. The number of hydrogen-bond donors (Lipinski definition) is 2. The maximum Gasteiger partial charge on any atom is 0.488 e. The molecule has 0 unspecified atom stereocenters. The van der Waals surface area contributed by atoms with Crippen LogP contribution in [0.1, 0.15) is 11.1 Å². The quantitative estimate of drug-likeness (QED) is 0.814. The Bertz CT molecular complexity index is 599. The van der Waals surface area contributed by atoms with Gasteiger partial charge in [-0.15, -0.1) is 0 Å². The van der Waals surface area contributed by atoms with Gasteiger partial charge >= 0.3 is 7.12 Å². The molecule has 0 aliphatic rings. The molecule has 2 rings (SSSR count). The van der Waals surface area contributed by atoms with Crippen LogP contribution in [0, 0.1) is 6.92 Å². The minimum absolute atomic E-state index is 0.495. The van der Waals surface area contributed by atoms with Gasteiger partial charge < -0.3 is 19.7 Å². The molecule has 2 aromatic rings. The summed E-state index contributed by atoms with van der Waals surface area (Å²) in [5, 5.41) is 19.0. The zero-order valence-corrected chi connectivity index (χ0v) is 12.6. The molecule has 0 spiro atoms. The highest BCUT2D eigenvalue weighted by atomic mass is 16.5. The molecule has 2 aromatic carbocycles. The fraction of sp³-hybridized carbons (Fsp3) is 0.250. The van der Waals surface area contributed by atoms with Gasteiger partial charge in [-0.2, -0.15) is 0 Å². The lowest BCUT2D eigenvalue weighted by molar-refractivity contribution is 0.413. The summed E-state index contributed by atoms with van der Waals surface area (Å²) in [4.78, 5) is 2.06. The van der Waals surface area contributed by atoms with E-state index in [-0.39, 0.29) is 0 Å². The maximum atomic E-state index is 9.48. The van der Waals surface area contributed by atoms with Crippen molar-refractivity contribution in [2.45, 2.75) is 13.5 Å². The Kier molecular flexibility index (Phi) is 4.88. The number of anilines is 1. The Hall–Kier alpha value is -1.98. The average molecular weight is 285 g/mol. The van der Waals surface area contributed by atoms with E-state index < -0.39 is 7.12 Å². The molecular formula is C16H20BNO3. The van der Waals surface area contributed by atoms with Crippen LogP contribution in [0.3, 0.4) is 0 Å². The standard InChI is InChI=1S/C16H20BNO3/c1-12-4-6-14(7-5-12)18(2)11-13-10-15(21-3)8-9-16(13)17(19)20/h4-10,19-20H,11H2,1-3H3. The number of nitrogens with zero attached hydrogens (tertiary/aromatic N) is 1. The molecule has 0 saturated carbocycles. The van der Waals surface area contributed by atoms with Gasteiger partial charge in [-0.25, -0.2) is 0 Å². The van der Waals surface area contributed by atoms with Crippen molar-refractivity contribution in [3.63, 3.8) is 0 Å². The van der Waals surface area contributed by atoms with Crippen molar-refractivity contribution in [2.24, 2.45) is 0 Å². The lowest BCUT2D eigenvalue weighted by atomic mass is 9.77. The SMILES string of the molecule is COc1ccc(B(O)O)c(CN(C)c2ccc(C)cc2)c1. The topological polar surface area (TPSA) is 52.9 Å². The number of benzene rings is 2. The Balaban J connectivity index is 2.26. The van der Waals surface area contributed by atoms with Gasteiger partial charge in [0.05, 0.1) is 7.11 Å². The fourth-order valence-corrected chi connectivity index (χ4v) is 2.24. The van der Waals surface area contributed by atoms with Crippen LogP contribution in [0.25, 0.3) is 0 Å². The molecular weight excluding hydrogens is 265 g/mol. The number of rotatable bonds is 5. The summed E-state index contributed by atoms with van der Waals surface area (Å²) in [5.41, 5.74) is 3.60. The molecule has 5 heteroatoms. The summed E-state index contributed by atoms with van der Waals surface area (Å²) in [6.07, 6.45) is 0. The molecule has 2 N–H and O–H groups in total. The first-order chi connectivity index (χ1) is 10.0. The molecule has 21 heavy (non-hydrogen) atoms. The third-order valence-electron chi connectivity index (χ3n) is 3.51. The van der Waals surface area contributed by atoms with Crippen LogP contribution in [0.2, 0.25) is 0 Å². The molecule has 110 valence electrons.